The molecule has 2 saturated carbocycles. The topological polar surface area (TPSA) is 101 Å². The van der Waals surface area contributed by atoms with E-state index in [9.17, 15) is 13.2 Å². The third kappa shape index (κ3) is 5.47. The van der Waals surface area contributed by atoms with Crippen LogP contribution in [0.4, 0.5) is 0 Å². The summed E-state index contributed by atoms with van der Waals surface area (Å²) < 4.78 is 27.4. The van der Waals surface area contributed by atoms with Gasteiger partial charge in [0, 0.05) is 25.0 Å². The molecule has 4 N–H and O–H groups in total. The summed E-state index contributed by atoms with van der Waals surface area (Å²) in [5, 5.41) is 3.15. The molecule has 2 fully saturated rings. The highest BCUT2D eigenvalue weighted by Crippen LogP contribution is 2.39. The number of hydrogen-bond donors (Lipinski definition) is 3. The first-order valence-electron chi connectivity index (χ1n) is 9.88. The van der Waals surface area contributed by atoms with Crippen LogP contribution in [0.15, 0.2) is 23.1 Å². The number of nitrogens with two attached hydrogens (primary N) is 1. The van der Waals surface area contributed by atoms with Gasteiger partial charge in [0.1, 0.15) is 0 Å². The molecule has 1 amide bonds. The second-order valence-electron chi connectivity index (χ2n) is 8.17. The molecule has 2 bridgehead atoms. The fourth-order valence-corrected chi connectivity index (χ4v) is 5.66. The Hall–Kier alpha value is -1.15. The second kappa shape index (κ2) is 9.57. The number of amides is 1. The van der Waals surface area contributed by atoms with Crippen molar-refractivity contribution in [2.75, 3.05) is 6.54 Å². The normalized spacial score (nSPS) is 27.0. The maximum atomic E-state index is 12.4. The molecule has 0 heterocycles. The van der Waals surface area contributed by atoms with Gasteiger partial charge in [0.2, 0.25) is 15.9 Å². The zero-order valence-corrected chi connectivity index (χ0v) is 18.2. The van der Waals surface area contributed by atoms with Gasteiger partial charge < -0.3 is 11.1 Å². The molecule has 0 spiro atoms. The molecule has 28 heavy (non-hydrogen) atoms. The van der Waals surface area contributed by atoms with Crippen molar-refractivity contribution in [2.24, 2.45) is 17.6 Å². The number of carbonyl (C=O) groups is 1. The summed E-state index contributed by atoms with van der Waals surface area (Å²) in [6, 6.07) is 5.49. The molecule has 3 rings (SSSR count). The molecule has 0 radical (unpaired) electrons. The van der Waals surface area contributed by atoms with Gasteiger partial charge in [-0.05, 0) is 74.6 Å². The third-order valence-corrected chi connectivity index (χ3v) is 7.60. The average molecular weight is 430 g/mol. The zero-order chi connectivity index (χ0) is 19.6. The van der Waals surface area contributed by atoms with Gasteiger partial charge in [0.25, 0.3) is 0 Å². The first-order valence-corrected chi connectivity index (χ1v) is 11.4. The highest BCUT2D eigenvalue weighted by molar-refractivity contribution is 7.89. The van der Waals surface area contributed by atoms with Crippen molar-refractivity contribution in [1.82, 2.24) is 10.0 Å². The number of nitrogens with one attached hydrogen (secondary N) is 2. The van der Waals surface area contributed by atoms with Crippen molar-refractivity contribution in [1.29, 1.82) is 0 Å². The third-order valence-electron chi connectivity index (χ3n) is 6.14. The van der Waals surface area contributed by atoms with E-state index in [-0.39, 0.29) is 48.3 Å². The van der Waals surface area contributed by atoms with E-state index in [0.717, 1.165) is 36.8 Å². The summed E-state index contributed by atoms with van der Waals surface area (Å²) >= 11 is 0. The number of halogens is 1. The Labute approximate surface area is 174 Å². The van der Waals surface area contributed by atoms with Crippen molar-refractivity contribution in [2.45, 2.75) is 69.4 Å². The lowest BCUT2D eigenvalue weighted by Crippen LogP contribution is -2.54. The van der Waals surface area contributed by atoms with Crippen LogP contribution in [0.25, 0.3) is 0 Å². The molecule has 2 unspecified atom stereocenters. The van der Waals surface area contributed by atoms with E-state index in [1.165, 1.54) is 6.42 Å². The first-order chi connectivity index (χ1) is 12.8. The Morgan fingerprint density at radius 2 is 1.79 bits per heavy atom. The van der Waals surface area contributed by atoms with Crippen LogP contribution >= 0.6 is 12.4 Å². The molecule has 2 aliphatic carbocycles. The Bertz CT molecular complexity index is 786. The largest absolute Gasteiger partial charge is 0.353 e. The molecule has 1 aromatic carbocycles. The molecule has 0 aliphatic heterocycles. The number of carbonyl (C=O) groups excluding carboxylic acids is 1. The van der Waals surface area contributed by atoms with Gasteiger partial charge in [0.05, 0.1) is 4.90 Å². The molecule has 1 aromatic rings. The Morgan fingerprint density at radius 3 is 2.39 bits per heavy atom. The average Bonchev–Trinajstić information content (AvgIpc) is 2.58. The highest BCUT2D eigenvalue weighted by atomic mass is 35.5. The molecule has 0 saturated heterocycles. The van der Waals surface area contributed by atoms with E-state index in [4.69, 9.17) is 5.73 Å². The minimum Gasteiger partial charge on any atom is -0.353 e. The monoisotopic (exact) mass is 429 g/mol. The summed E-state index contributed by atoms with van der Waals surface area (Å²) in [6.45, 7) is 3.92. The van der Waals surface area contributed by atoms with Crippen LogP contribution in [-0.4, -0.2) is 33.0 Å². The Kier molecular flexibility index (Phi) is 7.90. The van der Waals surface area contributed by atoms with Crippen LogP contribution in [-0.2, 0) is 14.8 Å². The van der Waals surface area contributed by atoms with Crippen molar-refractivity contribution in [3.8, 4) is 0 Å². The Morgan fingerprint density at radius 1 is 1.14 bits per heavy atom. The summed E-state index contributed by atoms with van der Waals surface area (Å²) in [5.41, 5.74) is 8.11. The van der Waals surface area contributed by atoms with Gasteiger partial charge in [-0.3, -0.25) is 4.79 Å². The molecule has 6 nitrogen and oxygen atoms in total. The predicted octanol–water partition coefficient (Wildman–Crippen LogP) is 2.42. The number of rotatable bonds is 6. The van der Waals surface area contributed by atoms with Gasteiger partial charge in [0.15, 0.2) is 0 Å². The summed E-state index contributed by atoms with van der Waals surface area (Å²) in [4.78, 5) is 12.6. The molecule has 2 aliphatic rings. The molecular formula is C20H32ClN3O3S. The van der Waals surface area contributed by atoms with Gasteiger partial charge in [-0.15, -0.1) is 12.4 Å². The van der Waals surface area contributed by atoms with E-state index in [1.807, 2.05) is 13.8 Å². The summed E-state index contributed by atoms with van der Waals surface area (Å²) in [6.07, 6.45) is 5.54. The van der Waals surface area contributed by atoms with E-state index >= 15 is 0 Å². The van der Waals surface area contributed by atoms with Gasteiger partial charge in [-0.25, -0.2) is 13.1 Å². The van der Waals surface area contributed by atoms with E-state index < -0.39 is 10.0 Å². The summed E-state index contributed by atoms with van der Waals surface area (Å²) in [5.74, 6) is 0.836. The number of hydrogen-bond acceptors (Lipinski definition) is 4. The predicted molar refractivity (Wildman–Crippen MR) is 113 cm³/mol. The van der Waals surface area contributed by atoms with Gasteiger partial charge in [-0.1, -0.05) is 12.5 Å². The van der Waals surface area contributed by atoms with Crippen molar-refractivity contribution < 1.29 is 13.2 Å². The lowest BCUT2D eigenvalue weighted by atomic mass is 9.67. The molecule has 8 heteroatoms. The zero-order valence-electron chi connectivity index (χ0n) is 16.6. The number of aryl methyl sites for hydroxylation is 2. The van der Waals surface area contributed by atoms with Gasteiger partial charge in [-0.2, -0.15) is 0 Å². The van der Waals surface area contributed by atoms with E-state index in [0.29, 0.717) is 11.8 Å². The fraction of sp³-hybridized carbons (Fsp3) is 0.650. The molecule has 158 valence electrons. The number of fused-ring (bicyclic) bond motifs is 2. The SMILES string of the molecule is Cc1ccc(S(=O)(=O)NCCC(=O)NC2C3CCCC2CC(N)C3)cc1C.Cl. The van der Waals surface area contributed by atoms with Crippen LogP contribution in [0.3, 0.4) is 0 Å². The maximum Gasteiger partial charge on any atom is 0.240 e. The van der Waals surface area contributed by atoms with Gasteiger partial charge >= 0.3 is 0 Å². The second-order valence-corrected chi connectivity index (χ2v) is 9.94. The highest BCUT2D eigenvalue weighted by Gasteiger charge is 2.39. The lowest BCUT2D eigenvalue weighted by Gasteiger charge is -2.45. The van der Waals surface area contributed by atoms with Crippen LogP contribution in [0.2, 0.25) is 0 Å². The molecular weight excluding hydrogens is 398 g/mol. The minimum absolute atomic E-state index is 0. The number of benzene rings is 1. The van der Waals surface area contributed by atoms with Crippen LogP contribution in [0.1, 0.15) is 49.7 Å². The molecule has 0 aromatic heterocycles. The molecule has 2 atom stereocenters. The van der Waals surface area contributed by atoms with E-state index in [1.54, 1.807) is 18.2 Å². The smallest absolute Gasteiger partial charge is 0.240 e. The van der Waals surface area contributed by atoms with Crippen LogP contribution in [0, 0.1) is 25.7 Å². The van der Waals surface area contributed by atoms with Crippen molar-refractivity contribution in [3.63, 3.8) is 0 Å². The fourth-order valence-electron chi connectivity index (χ4n) is 4.55. The summed E-state index contributed by atoms with van der Waals surface area (Å²) in [7, 11) is -3.60. The van der Waals surface area contributed by atoms with Crippen molar-refractivity contribution in [3.05, 3.63) is 29.3 Å². The van der Waals surface area contributed by atoms with Crippen LogP contribution in [0.5, 0.6) is 0 Å². The first kappa shape index (κ1) is 23.1. The quantitative estimate of drug-likeness (QED) is 0.646. The van der Waals surface area contributed by atoms with Crippen molar-refractivity contribution >= 4 is 28.3 Å². The Balaban J connectivity index is 0.00000280. The maximum absolute atomic E-state index is 12.4. The lowest BCUT2D eigenvalue weighted by molar-refractivity contribution is -0.123. The van der Waals surface area contributed by atoms with E-state index in [2.05, 4.69) is 10.0 Å². The standard InChI is InChI=1S/C20H31N3O3S.ClH/c1-13-6-7-18(10-14(13)2)27(25,26)22-9-8-19(24)23-20-15-4-3-5-16(20)12-17(21)11-15;/h6-7,10,15-17,20,22H,3-5,8-9,11-12,21H2,1-2H3,(H,23,24);1H. The minimum atomic E-state index is -3.60. The van der Waals surface area contributed by atoms with Crippen LogP contribution < -0.4 is 15.8 Å². The number of sulfonamides is 1.